The van der Waals surface area contributed by atoms with Crippen molar-refractivity contribution < 1.29 is 14.3 Å². The molecule has 0 radical (unpaired) electrons. The summed E-state index contributed by atoms with van der Waals surface area (Å²) in [6.45, 7) is 1.78. The normalized spacial score (nSPS) is 10.7. The molecule has 0 atom stereocenters. The Bertz CT molecular complexity index is 1380. The molecule has 2 aromatic heterocycles. The second-order valence-electron chi connectivity index (χ2n) is 6.72. The lowest BCUT2D eigenvalue weighted by Gasteiger charge is -2.12. The molecule has 0 aliphatic rings. The molecule has 0 saturated heterocycles. The lowest BCUT2D eigenvalue weighted by molar-refractivity contribution is 0.415. The molecule has 3 N–H and O–H groups in total. The first-order valence-electron chi connectivity index (χ1n) is 9.05. The van der Waals surface area contributed by atoms with E-state index in [1.54, 1.807) is 62.6 Å². The van der Waals surface area contributed by atoms with E-state index in [4.69, 9.17) is 14.9 Å². The molecule has 4 aromatic rings. The number of fused-ring (bicyclic) bond motifs is 1. The predicted molar refractivity (Wildman–Crippen MR) is 113 cm³/mol. The van der Waals surface area contributed by atoms with Crippen LogP contribution in [0.25, 0.3) is 33.4 Å². The maximum Gasteiger partial charge on any atom is 0.349 e. The number of hydrogen-bond acceptors (Lipinski definition) is 7. The van der Waals surface area contributed by atoms with Crippen LogP contribution in [0.5, 0.6) is 11.5 Å². The minimum Gasteiger partial charge on any atom is -0.506 e. The molecule has 0 spiro atoms. The Labute approximate surface area is 171 Å². The van der Waals surface area contributed by atoms with Gasteiger partial charge in [0, 0.05) is 5.56 Å². The summed E-state index contributed by atoms with van der Waals surface area (Å²) in [6, 6.07) is 15.8. The number of pyridine rings is 1. The van der Waals surface area contributed by atoms with Crippen molar-refractivity contribution in [2.45, 2.75) is 6.92 Å². The molecule has 0 unspecified atom stereocenters. The zero-order valence-corrected chi connectivity index (χ0v) is 16.3. The summed E-state index contributed by atoms with van der Waals surface area (Å²) in [5.74, 6) is 0.355. The van der Waals surface area contributed by atoms with Gasteiger partial charge in [0.2, 0.25) is 0 Å². The molecule has 7 heteroatoms. The molecule has 148 valence electrons. The molecule has 2 aromatic carbocycles. The highest BCUT2D eigenvalue weighted by Crippen LogP contribution is 2.37. The van der Waals surface area contributed by atoms with E-state index < -0.39 is 5.63 Å². The van der Waals surface area contributed by atoms with E-state index in [1.165, 1.54) is 0 Å². The molecule has 4 rings (SSSR count). The topological polar surface area (TPSA) is 122 Å². The van der Waals surface area contributed by atoms with Crippen LogP contribution in [0.4, 0.5) is 5.82 Å². The van der Waals surface area contributed by atoms with E-state index in [1.807, 2.05) is 0 Å². The van der Waals surface area contributed by atoms with Crippen molar-refractivity contribution in [3.63, 3.8) is 0 Å². The van der Waals surface area contributed by atoms with Crippen LogP contribution in [0.15, 0.2) is 57.7 Å². The van der Waals surface area contributed by atoms with Gasteiger partial charge in [-0.25, -0.2) is 9.78 Å². The highest BCUT2D eigenvalue weighted by Gasteiger charge is 2.21. The van der Waals surface area contributed by atoms with Crippen molar-refractivity contribution in [1.29, 1.82) is 5.26 Å². The Balaban J connectivity index is 2.00. The summed E-state index contributed by atoms with van der Waals surface area (Å²) in [5, 5.41) is 20.8. The zero-order chi connectivity index (χ0) is 21.4. The number of aryl methyl sites for hydroxylation is 1. The van der Waals surface area contributed by atoms with Crippen molar-refractivity contribution in [2.24, 2.45) is 0 Å². The smallest absolute Gasteiger partial charge is 0.349 e. The average Bonchev–Trinajstić information content (AvgIpc) is 2.74. The number of hydrogen-bond donors (Lipinski definition) is 2. The molecule has 0 fully saturated rings. The summed E-state index contributed by atoms with van der Waals surface area (Å²) < 4.78 is 10.6. The molecule has 30 heavy (non-hydrogen) atoms. The van der Waals surface area contributed by atoms with Gasteiger partial charge < -0.3 is 20.0 Å². The fourth-order valence-corrected chi connectivity index (χ4v) is 3.38. The van der Waals surface area contributed by atoms with Crippen LogP contribution >= 0.6 is 0 Å². The third-order valence-electron chi connectivity index (χ3n) is 4.92. The van der Waals surface area contributed by atoms with Crippen LogP contribution in [0.2, 0.25) is 0 Å². The number of aromatic nitrogens is 1. The third kappa shape index (κ3) is 3.01. The average molecular weight is 399 g/mol. The summed E-state index contributed by atoms with van der Waals surface area (Å²) in [4.78, 5) is 16.9. The number of nitrogens with two attached hydrogens (primary N) is 1. The number of ether oxygens (including phenoxy) is 1. The van der Waals surface area contributed by atoms with Crippen LogP contribution < -0.4 is 16.1 Å². The van der Waals surface area contributed by atoms with Gasteiger partial charge >= 0.3 is 5.63 Å². The number of benzene rings is 2. The van der Waals surface area contributed by atoms with E-state index in [0.29, 0.717) is 27.8 Å². The first-order valence-corrected chi connectivity index (χ1v) is 9.05. The van der Waals surface area contributed by atoms with E-state index in [-0.39, 0.29) is 28.4 Å². The fraction of sp³-hybridized carbons (Fsp3) is 0.0870. The van der Waals surface area contributed by atoms with Gasteiger partial charge in [-0.15, -0.1) is 0 Å². The Hall–Kier alpha value is -4.31. The van der Waals surface area contributed by atoms with Crippen molar-refractivity contribution >= 4 is 16.8 Å². The number of methoxy groups -OCH3 is 1. The highest BCUT2D eigenvalue weighted by atomic mass is 16.5. The largest absolute Gasteiger partial charge is 0.506 e. The second-order valence-corrected chi connectivity index (χ2v) is 6.72. The second kappa shape index (κ2) is 7.26. The Morgan fingerprint density at radius 1 is 1.20 bits per heavy atom. The Morgan fingerprint density at radius 3 is 2.60 bits per heavy atom. The molecule has 2 heterocycles. The lowest BCUT2D eigenvalue weighted by Crippen LogP contribution is -2.07. The van der Waals surface area contributed by atoms with Gasteiger partial charge in [0.05, 0.1) is 18.2 Å². The summed E-state index contributed by atoms with van der Waals surface area (Å²) in [5.41, 5.74) is 7.65. The van der Waals surface area contributed by atoms with Gasteiger partial charge in [-0.05, 0) is 42.3 Å². The number of para-hydroxylation sites is 1. The Kier molecular flexibility index (Phi) is 4.60. The molecule has 0 bridgehead atoms. The van der Waals surface area contributed by atoms with Crippen LogP contribution in [0.1, 0.15) is 11.1 Å². The number of nitriles is 1. The fourth-order valence-electron chi connectivity index (χ4n) is 3.38. The molecule has 0 aliphatic heterocycles. The minimum absolute atomic E-state index is 0.0519. The van der Waals surface area contributed by atoms with Gasteiger partial charge in [0.1, 0.15) is 40.1 Å². The number of nitrogens with zero attached hydrogens (tertiary/aromatic N) is 2. The van der Waals surface area contributed by atoms with E-state index in [0.717, 1.165) is 5.56 Å². The number of rotatable bonds is 3. The summed E-state index contributed by atoms with van der Waals surface area (Å²) >= 11 is 0. The molecule has 7 nitrogen and oxygen atoms in total. The first-order chi connectivity index (χ1) is 14.4. The highest BCUT2D eigenvalue weighted by molar-refractivity contribution is 5.92. The van der Waals surface area contributed by atoms with Gasteiger partial charge in [0.15, 0.2) is 0 Å². The number of nitrogen functional groups attached to an aromatic ring is 1. The molecule has 0 amide bonds. The molecular weight excluding hydrogens is 382 g/mol. The summed E-state index contributed by atoms with van der Waals surface area (Å²) in [6.07, 6.45) is 0. The van der Waals surface area contributed by atoms with Crippen molar-refractivity contribution in [2.75, 3.05) is 12.8 Å². The number of anilines is 1. The van der Waals surface area contributed by atoms with Crippen LogP contribution in [0, 0.1) is 18.3 Å². The Morgan fingerprint density at radius 2 is 1.93 bits per heavy atom. The van der Waals surface area contributed by atoms with Crippen LogP contribution in [-0.2, 0) is 0 Å². The molecular formula is C23H17N3O4. The van der Waals surface area contributed by atoms with Crippen molar-refractivity contribution in [1.82, 2.24) is 4.98 Å². The van der Waals surface area contributed by atoms with E-state index in [9.17, 15) is 15.2 Å². The minimum atomic E-state index is -0.744. The molecule has 0 aliphatic carbocycles. The monoisotopic (exact) mass is 399 g/mol. The zero-order valence-electron chi connectivity index (χ0n) is 16.3. The van der Waals surface area contributed by atoms with E-state index in [2.05, 4.69) is 11.1 Å². The maximum absolute atomic E-state index is 12.7. The van der Waals surface area contributed by atoms with Gasteiger partial charge in [-0.1, -0.05) is 24.3 Å². The SMILES string of the molecule is COc1ccc(-c2cc(-c3c(O)c4cccc(C)c4oc3=O)nc(N)c2C#N)cc1. The van der Waals surface area contributed by atoms with Gasteiger partial charge in [-0.2, -0.15) is 5.26 Å². The molecule has 0 saturated carbocycles. The van der Waals surface area contributed by atoms with Crippen molar-refractivity contribution in [3.05, 3.63) is 70.1 Å². The van der Waals surface area contributed by atoms with Crippen molar-refractivity contribution in [3.8, 4) is 40.0 Å². The number of aromatic hydroxyl groups is 1. The van der Waals surface area contributed by atoms with Crippen LogP contribution in [0.3, 0.4) is 0 Å². The standard InChI is InChI=1S/C23H17N3O4/c1-12-4-3-5-15-20(27)19(23(28)30-21(12)15)18-10-16(17(11-24)22(25)26-18)13-6-8-14(29-2)9-7-13/h3-10,27H,1-2H3,(H2,25,26). The summed E-state index contributed by atoms with van der Waals surface area (Å²) in [7, 11) is 1.56. The van der Waals surface area contributed by atoms with Gasteiger partial charge in [-0.3, -0.25) is 0 Å². The van der Waals surface area contributed by atoms with Gasteiger partial charge in [0.25, 0.3) is 0 Å². The predicted octanol–water partition coefficient (Wildman–Crippen LogP) is 4.00. The first kappa shape index (κ1) is 19.0. The van der Waals surface area contributed by atoms with Crippen LogP contribution in [-0.4, -0.2) is 17.2 Å². The maximum atomic E-state index is 12.7. The van der Waals surface area contributed by atoms with E-state index >= 15 is 0 Å². The lowest BCUT2D eigenvalue weighted by atomic mass is 9.98. The third-order valence-corrected chi connectivity index (χ3v) is 4.92. The quantitative estimate of drug-likeness (QED) is 0.499.